The van der Waals surface area contributed by atoms with E-state index in [0.29, 0.717) is 0 Å². The van der Waals surface area contributed by atoms with Gasteiger partial charge in [-0.1, -0.05) is 0 Å². The number of rotatable bonds is 4. The summed E-state index contributed by atoms with van der Waals surface area (Å²) in [6.45, 7) is 0. The fraction of sp³-hybridized carbons (Fsp3) is 0.0833. The first-order valence-electron chi connectivity index (χ1n) is 4.94. The normalized spacial score (nSPS) is 11.3. The maximum atomic E-state index is 8.70. The predicted octanol–water partition coefficient (Wildman–Crippen LogP) is 1.35. The van der Waals surface area contributed by atoms with Crippen LogP contribution >= 0.6 is 0 Å². The van der Waals surface area contributed by atoms with Crippen molar-refractivity contribution in [3.63, 3.8) is 0 Å². The highest BCUT2D eigenvalue weighted by atomic mass is 16.5. The quantitative estimate of drug-likeness (QED) is 0.470. The zero-order valence-corrected chi connectivity index (χ0v) is 9.71. The summed E-state index contributed by atoms with van der Waals surface area (Å²) >= 11 is 0. The molecule has 1 aromatic rings. The van der Waals surface area contributed by atoms with E-state index in [1.54, 1.807) is 43.5 Å². The highest BCUT2D eigenvalue weighted by molar-refractivity contribution is 5.77. The van der Waals surface area contributed by atoms with Crippen LogP contribution in [-0.4, -0.2) is 13.4 Å². The van der Waals surface area contributed by atoms with Crippen LogP contribution in [0, 0.1) is 22.7 Å². The number of aliphatic imine (C=N–C) groups is 1. The highest BCUT2D eigenvalue weighted by Crippen LogP contribution is 2.14. The van der Waals surface area contributed by atoms with E-state index in [1.165, 1.54) is 6.34 Å². The largest absolute Gasteiger partial charge is 0.497 e. The Bertz CT molecular complexity index is 545. The van der Waals surface area contributed by atoms with Crippen LogP contribution < -0.4 is 15.8 Å². The van der Waals surface area contributed by atoms with Crippen molar-refractivity contribution in [2.45, 2.75) is 0 Å². The minimum atomic E-state index is -0.217. The van der Waals surface area contributed by atoms with Crippen LogP contribution in [0.4, 0.5) is 5.69 Å². The lowest BCUT2D eigenvalue weighted by Crippen LogP contribution is -2.00. The van der Waals surface area contributed by atoms with Crippen LogP contribution in [0.15, 0.2) is 40.7 Å². The van der Waals surface area contributed by atoms with E-state index >= 15 is 0 Å². The van der Waals surface area contributed by atoms with Crippen molar-refractivity contribution in [3.8, 4) is 17.9 Å². The van der Waals surface area contributed by atoms with Gasteiger partial charge in [0.1, 0.15) is 23.6 Å². The number of nitriles is 2. The maximum Gasteiger partial charge on any atom is 0.175 e. The first-order chi connectivity index (χ1) is 8.71. The van der Waals surface area contributed by atoms with Crippen molar-refractivity contribution < 1.29 is 4.74 Å². The molecule has 18 heavy (non-hydrogen) atoms. The van der Waals surface area contributed by atoms with Crippen molar-refractivity contribution in [1.29, 1.82) is 10.5 Å². The molecule has 1 aromatic carbocycles. The van der Waals surface area contributed by atoms with E-state index in [2.05, 4.69) is 10.3 Å². The van der Waals surface area contributed by atoms with Crippen LogP contribution in [0.3, 0.4) is 0 Å². The highest BCUT2D eigenvalue weighted by Gasteiger charge is 1.98. The third-order valence-corrected chi connectivity index (χ3v) is 2.00. The fourth-order valence-electron chi connectivity index (χ4n) is 1.07. The molecule has 1 rings (SSSR count). The molecule has 0 spiro atoms. The van der Waals surface area contributed by atoms with Gasteiger partial charge >= 0.3 is 0 Å². The second-order valence-corrected chi connectivity index (χ2v) is 3.12. The molecule has 90 valence electrons. The zero-order valence-electron chi connectivity index (χ0n) is 9.71. The number of nitrogens with two attached hydrogens (primary N) is 1. The molecule has 0 atom stereocenters. The van der Waals surface area contributed by atoms with E-state index in [0.717, 1.165) is 11.4 Å². The van der Waals surface area contributed by atoms with E-state index in [4.69, 9.17) is 21.0 Å². The first kappa shape index (κ1) is 13.1. The summed E-state index contributed by atoms with van der Waals surface area (Å²) in [5.74, 6) is 0.740. The van der Waals surface area contributed by atoms with Crippen molar-refractivity contribution in [2.24, 2.45) is 10.7 Å². The molecule has 0 saturated heterocycles. The van der Waals surface area contributed by atoms with Gasteiger partial charge < -0.3 is 15.8 Å². The average molecular weight is 241 g/mol. The smallest absolute Gasteiger partial charge is 0.175 e. The Morgan fingerprint density at radius 2 is 2.00 bits per heavy atom. The molecule has 0 bridgehead atoms. The van der Waals surface area contributed by atoms with Gasteiger partial charge in [0.25, 0.3) is 0 Å². The molecule has 0 fully saturated rings. The van der Waals surface area contributed by atoms with Crippen molar-refractivity contribution in [2.75, 3.05) is 12.4 Å². The summed E-state index contributed by atoms with van der Waals surface area (Å²) < 4.78 is 5.01. The predicted molar refractivity (Wildman–Crippen MR) is 67.5 cm³/mol. The maximum absolute atomic E-state index is 8.70. The van der Waals surface area contributed by atoms with Crippen molar-refractivity contribution >= 4 is 12.0 Å². The minimum Gasteiger partial charge on any atom is -0.497 e. The van der Waals surface area contributed by atoms with Gasteiger partial charge in [0.2, 0.25) is 0 Å². The number of benzene rings is 1. The average Bonchev–Trinajstić information content (AvgIpc) is 2.43. The number of methoxy groups -OCH3 is 1. The van der Waals surface area contributed by atoms with E-state index in [9.17, 15) is 0 Å². The first-order valence-corrected chi connectivity index (χ1v) is 4.94. The van der Waals surface area contributed by atoms with E-state index in [1.807, 2.05) is 0 Å². The van der Waals surface area contributed by atoms with Crippen LogP contribution in [0.25, 0.3) is 0 Å². The third kappa shape index (κ3) is 3.54. The van der Waals surface area contributed by atoms with Gasteiger partial charge in [-0.2, -0.15) is 10.5 Å². The number of anilines is 1. The second-order valence-electron chi connectivity index (χ2n) is 3.12. The SMILES string of the molecule is COc1ccc(NC=N/C(C#N)=C(\N)C#N)cc1. The Morgan fingerprint density at radius 1 is 1.33 bits per heavy atom. The monoisotopic (exact) mass is 241 g/mol. The van der Waals surface area contributed by atoms with E-state index < -0.39 is 0 Å². The lowest BCUT2D eigenvalue weighted by Gasteiger charge is -2.02. The number of hydrogen-bond donors (Lipinski definition) is 2. The van der Waals surface area contributed by atoms with Gasteiger partial charge in [0.05, 0.1) is 13.4 Å². The molecule has 0 heterocycles. The van der Waals surface area contributed by atoms with E-state index in [-0.39, 0.29) is 11.4 Å². The Morgan fingerprint density at radius 3 is 2.50 bits per heavy atom. The fourth-order valence-corrected chi connectivity index (χ4v) is 1.07. The minimum absolute atomic E-state index is 0.126. The molecule has 0 radical (unpaired) electrons. The van der Waals surface area contributed by atoms with Crippen LogP contribution in [0.5, 0.6) is 5.75 Å². The van der Waals surface area contributed by atoms with Gasteiger partial charge in [-0.3, -0.25) is 0 Å². The number of nitrogens with one attached hydrogen (secondary N) is 1. The molecule has 0 saturated carbocycles. The van der Waals surface area contributed by atoms with Gasteiger partial charge in [-0.15, -0.1) is 0 Å². The van der Waals surface area contributed by atoms with Gasteiger partial charge in [0, 0.05) is 5.69 Å². The molecule has 0 aliphatic heterocycles. The third-order valence-electron chi connectivity index (χ3n) is 2.00. The summed E-state index contributed by atoms with van der Waals surface area (Å²) in [7, 11) is 1.58. The molecular formula is C12H11N5O. The standard InChI is InChI=1S/C12H11N5O/c1-18-10-4-2-9(3-5-10)16-8-17-12(7-14)11(15)6-13/h2-5,8H,15H2,1H3,(H,16,17)/b12-11-. The molecule has 0 aromatic heterocycles. The van der Waals surface area contributed by atoms with Crippen molar-refractivity contribution in [3.05, 3.63) is 35.7 Å². The van der Waals surface area contributed by atoms with Crippen LogP contribution in [-0.2, 0) is 0 Å². The molecule has 0 amide bonds. The number of nitrogens with zero attached hydrogens (tertiary/aromatic N) is 3. The molecule has 6 nitrogen and oxygen atoms in total. The molecule has 6 heteroatoms. The lowest BCUT2D eigenvalue weighted by molar-refractivity contribution is 0.415. The Hall–Kier alpha value is -2.99. The molecule has 0 aliphatic carbocycles. The lowest BCUT2D eigenvalue weighted by atomic mass is 10.3. The Balaban J connectivity index is 2.71. The second kappa shape index (κ2) is 6.56. The number of allylic oxidation sites excluding steroid dienone is 2. The Labute approximate surface area is 105 Å². The van der Waals surface area contributed by atoms with Gasteiger partial charge in [-0.05, 0) is 24.3 Å². The zero-order chi connectivity index (χ0) is 13.4. The summed E-state index contributed by atoms with van der Waals surface area (Å²) in [5.41, 5.74) is 5.71. The number of hydrogen-bond acceptors (Lipinski definition) is 5. The molecular weight excluding hydrogens is 230 g/mol. The summed E-state index contributed by atoms with van der Waals surface area (Å²) in [6.07, 6.45) is 1.30. The van der Waals surface area contributed by atoms with Crippen LogP contribution in [0.2, 0.25) is 0 Å². The summed E-state index contributed by atoms with van der Waals surface area (Å²) in [6, 6.07) is 10.5. The topological polar surface area (TPSA) is 107 Å². The summed E-state index contributed by atoms with van der Waals surface area (Å²) in [4.78, 5) is 3.75. The summed E-state index contributed by atoms with van der Waals surface area (Å²) in [5, 5.41) is 20.1. The molecule has 3 N–H and O–H groups in total. The van der Waals surface area contributed by atoms with Gasteiger partial charge in [-0.25, -0.2) is 4.99 Å². The Kier molecular flexibility index (Phi) is 4.77. The number of ether oxygens (including phenoxy) is 1. The van der Waals surface area contributed by atoms with Gasteiger partial charge in [0.15, 0.2) is 5.70 Å². The molecule has 0 unspecified atom stereocenters. The van der Waals surface area contributed by atoms with Crippen LogP contribution in [0.1, 0.15) is 0 Å². The molecule has 0 aliphatic rings. The van der Waals surface area contributed by atoms with Crippen molar-refractivity contribution in [1.82, 2.24) is 0 Å².